The Morgan fingerprint density at radius 3 is 2.45 bits per heavy atom. The Balaban J connectivity index is 1.49. The van der Waals surface area contributed by atoms with Gasteiger partial charge in [-0.1, -0.05) is 24.3 Å². The van der Waals surface area contributed by atoms with Crippen LogP contribution in [0.15, 0.2) is 48.5 Å². The van der Waals surface area contributed by atoms with Crippen LogP contribution >= 0.6 is 0 Å². The largest absolute Gasteiger partial charge is 0.416 e. The van der Waals surface area contributed by atoms with Gasteiger partial charge in [-0.2, -0.15) is 22.6 Å². The van der Waals surface area contributed by atoms with Crippen LogP contribution in [0.5, 0.6) is 0 Å². The van der Waals surface area contributed by atoms with Crippen LogP contribution in [0.3, 0.4) is 0 Å². The first-order chi connectivity index (χ1) is 19.9. The molecule has 1 aromatic heterocycles. The van der Waals surface area contributed by atoms with Gasteiger partial charge in [-0.05, 0) is 55.8 Å². The minimum absolute atomic E-state index is 0.0207. The first kappa shape index (κ1) is 30.2. The summed E-state index contributed by atoms with van der Waals surface area (Å²) in [6.07, 6.45) is -1.74. The Labute approximate surface area is 243 Å². The third-order valence-electron chi connectivity index (χ3n) is 7.78. The number of aliphatic hydroxyl groups excluding tert-OH is 1. The molecule has 0 aliphatic carbocycles. The highest BCUT2D eigenvalue weighted by Crippen LogP contribution is 2.37. The fourth-order valence-electron chi connectivity index (χ4n) is 5.68. The number of nitrogens with one attached hydrogen (secondary N) is 1. The molecule has 1 fully saturated rings. The molecule has 0 saturated carbocycles. The maximum Gasteiger partial charge on any atom is 0.416 e. The molecule has 0 bridgehead atoms. The zero-order valence-corrected chi connectivity index (χ0v) is 24.1. The van der Waals surface area contributed by atoms with Crippen molar-refractivity contribution in [2.24, 2.45) is 0 Å². The fourth-order valence-corrected chi connectivity index (χ4v) is 6.47. The third-order valence-corrected chi connectivity index (χ3v) is 9.03. The van der Waals surface area contributed by atoms with E-state index in [2.05, 4.69) is 10.2 Å². The van der Waals surface area contributed by atoms with Crippen molar-refractivity contribution in [1.29, 1.82) is 0 Å². The van der Waals surface area contributed by atoms with Crippen LogP contribution in [0.4, 0.5) is 13.2 Å². The molecule has 1 unspecified atom stereocenters. The van der Waals surface area contributed by atoms with Gasteiger partial charge in [-0.15, -0.1) is 0 Å². The lowest BCUT2D eigenvalue weighted by molar-refractivity contribution is -0.138. The van der Waals surface area contributed by atoms with Crippen molar-refractivity contribution in [2.45, 2.75) is 51.2 Å². The Morgan fingerprint density at radius 2 is 1.79 bits per heavy atom. The normalized spacial score (nSPS) is 17.3. The number of carbonyl (C=O) groups is 1. The lowest BCUT2D eigenvalue weighted by atomic mass is 9.97. The van der Waals surface area contributed by atoms with Crippen molar-refractivity contribution in [3.63, 3.8) is 0 Å². The van der Waals surface area contributed by atoms with Crippen molar-refractivity contribution in [2.75, 3.05) is 32.4 Å². The maximum atomic E-state index is 14.0. The standard InChI is InChI=1S/C29H34F3N5O4S/c1-42(40,41)36-14-11-26-24(19-36)27(34-37(26)18-23(38)17-35-12-5-6-13-35)21-9-10-25(29(30,31)32)22(15-21)16-33-28(39)20-7-3-2-4-8-20/h2-4,7-10,15,23,38H,5-6,11-14,16-19H2,1H3,(H,33,39). The smallest absolute Gasteiger partial charge is 0.390 e. The van der Waals surface area contributed by atoms with Gasteiger partial charge in [0.1, 0.15) is 0 Å². The highest BCUT2D eigenvalue weighted by Gasteiger charge is 2.35. The molecule has 1 saturated heterocycles. The average molecular weight is 606 g/mol. The predicted molar refractivity (Wildman–Crippen MR) is 151 cm³/mol. The molecule has 2 aliphatic heterocycles. The zero-order valence-electron chi connectivity index (χ0n) is 23.3. The number of amides is 1. The molecule has 2 N–H and O–H groups in total. The number of nitrogens with zero attached hydrogens (tertiary/aromatic N) is 4. The van der Waals surface area contributed by atoms with Gasteiger partial charge in [0, 0.05) is 55.0 Å². The summed E-state index contributed by atoms with van der Waals surface area (Å²) in [5.74, 6) is -0.508. The summed E-state index contributed by atoms with van der Waals surface area (Å²) >= 11 is 0. The van der Waals surface area contributed by atoms with Crippen LogP contribution in [-0.4, -0.2) is 77.0 Å². The molecule has 13 heteroatoms. The SMILES string of the molecule is CS(=O)(=O)N1CCc2c(c(-c3ccc(C(F)(F)F)c(CNC(=O)c4ccccc4)c3)nn2CC(O)CN2CCCC2)C1. The second-order valence-corrected chi connectivity index (χ2v) is 12.9. The van der Waals surface area contributed by atoms with Gasteiger partial charge in [0.15, 0.2) is 0 Å². The van der Waals surface area contributed by atoms with Gasteiger partial charge in [0.25, 0.3) is 5.91 Å². The van der Waals surface area contributed by atoms with E-state index in [1.54, 1.807) is 35.0 Å². The number of aromatic nitrogens is 2. The van der Waals surface area contributed by atoms with Crippen LogP contribution in [0, 0.1) is 0 Å². The minimum atomic E-state index is -4.66. The summed E-state index contributed by atoms with van der Waals surface area (Å²) in [5, 5.41) is 18.1. The van der Waals surface area contributed by atoms with Crippen molar-refractivity contribution in [3.8, 4) is 11.3 Å². The van der Waals surface area contributed by atoms with E-state index in [9.17, 15) is 31.5 Å². The van der Waals surface area contributed by atoms with E-state index in [0.29, 0.717) is 35.3 Å². The van der Waals surface area contributed by atoms with E-state index in [1.807, 2.05) is 0 Å². The molecule has 2 aliphatic rings. The molecule has 3 aromatic rings. The molecule has 1 atom stereocenters. The van der Waals surface area contributed by atoms with Crippen LogP contribution in [0.25, 0.3) is 11.3 Å². The number of aliphatic hydroxyl groups is 1. The molecule has 226 valence electrons. The first-order valence-corrected chi connectivity index (χ1v) is 15.7. The molecule has 42 heavy (non-hydrogen) atoms. The van der Waals surface area contributed by atoms with Crippen LogP contribution < -0.4 is 5.32 Å². The number of fused-ring (bicyclic) bond motifs is 1. The summed E-state index contributed by atoms with van der Waals surface area (Å²) in [7, 11) is -3.53. The van der Waals surface area contributed by atoms with E-state index in [0.717, 1.165) is 43.9 Å². The maximum absolute atomic E-state index is 14.0. The Morgan fingerprint density at radius 1 is 1.07 bits per heavy atom. The number of alkyl halides is 3. The first-order valence-electron chi connectivity index (χ1n) is 13.9. The van der Waals surface area contributed by atoms with Gasteiger partial charge < -0.3 is 15.3 Å². The monoisotopic (exact) mass is 605 g/mol. The van der Waals surface area contributed by atoms with Gasteiger partial charge >= 0.3 is 6.18 Å². The lowest BCUT2D eigenvalue weighted by Crippen LogP contribution is -2.37. The highest BCUT2D eigenvalue weighted by atomic mass is 32.2. The topological polar surface area (TPSA) is 108 Å². The van der Waals surface area contributed by atoms with E-state index < -0.39 is 33.8 Å². The molecular weight excluding hydrogens is 571 g/mol. The molecule has 0 spiro atoms. The van der Waals surface area contributed by atoms with Crippen LogP contribution in [0.1, 0.15) is 45.6 Å². The number of benzene rings is 2. The lowest BCUT2D eigenvalue weighted by Gasteiger charge is -2.26. The zero-order chi connectivity index (χ0) is 30.1. The number of hydrogen-bond donors (Lipinski definition) is 2. The molecular formula is C29H34F3N5O4S. The average Bonchev–Trinajstić information content (AvgIpc) is 3.58. The molecule has 2 aromatic carbocycles. The summed E-state index contributed by atoms with van der Waals surface area (Å²) < 4.78 is 69.6. The van der Waals surface area contributed by atoms with E-state index in [1.165, 1.54) is 16.4 Å². The Bertz CT molecular complexity index is 1540. The van der Waals surface area contributed by atoms with Crippen molar-refractivity contribution >= 4 is 15.9 Å². The number of hydrogen-bond acceptors (Lipinski definition) is 6. The van der Waals surface area contributed by atoms with E-state index in [-0.39, 0.29) is 31.7 Å². The van der Waals surface area contributed by atoms with Crippen molar-refractivity contribution in [3.05, 3.63) is 76.5 Å². The number of rotatable bonds is 9. The highest BCUT2D eigenvalue weighted by molar-refractivity contribution is 7.88. The third kappa shape index (κ3) is 6.86. The fraction of sp³-hybridized carbons (Fsp3) is 0.448. The molecule has 3 heterocycles. The minimum Gasteiger partial charge on any atom is -0.390 e. The predicted octanol–water partition coefficient (Wildman–Crippen LogP) is 3.27. The number of likely N-dealkylation sites (tertiary alicyclic amines) is 1. The summed E-state index contributed by atoms with van der Waals surface area (Å²) in [4.78, 5) is 14.8. The van der Waals surface area contributed by atoms with Gasteiger partial charge in [-0.25, -0.2) is 8.42 Å². The number of β-amino-alcohol motifs (C(OH)–C–C–N with tert-alkyl or cyclic N) is 1. The van der Waals surface area contributed by atoms with Gasteiger partial charge in [0.2, 0.25) is 10.0 Å². The van der Waals surface area contributed by atoms with Crippen LogP contribution in [0.2, 0.25) is 0 Å². The Kier molecular flexibility index (Phi) is 8.74. The molecule has 0 radical (unpaired) electrons. The number of halogens is 3. The van der Waals surface area contributed by atoms with E-state index >= 15 is 0 Å². The van der Waals surface area contributed by atoms with Crippen molar-refractivity contribution < 1.29 is 31.5 Å². The molecule has 5 rings (SSSR count). The molecule has 1 amide bonds. The molecule has 9 nitrogen and oxygen atoms in total. The van der Waals surface area contributed by atoms with Gasteiger partial charge in [0.05, 0.1) is 30.2 Å². The second-order valence-electron chi connectivity index (χ2n) is 10.9. The number of carbonyl (C=O) groups excluding carboxylic acids is 1. The van der Waals surface area contributed by atoms with E-state index in [4.69, 9.17) is 5.10 Å². The summed E-state index contributed by atoms with van der Waals surface area (Å²) in [6.45, 7) is 2.37. The van der Waals surface area contributed by atoms with Gasteiger partial charge in [-0.3, -0.25) is 9.48 Å². The quantitative estimate of drug-likeness (QED) is 0.388. The second kappa shape index (κ2) is 12.2. The van der Waals surface area contributed by atoms with Crippen LogP contribution in [-0.2, 0) is 42.3 Å². The number of sulfonamides is 1. The van der Waals surface area contributed by atoms with Crippen molar-refractivity contribution in [1.82, 2.24) is 24.3 Å². The Hall–Kier alpha value is -3.26. The summed E-state index contributed by atoms with van der Waals surface area (Å²) in [5.41, 5.74) is 1.37. The summed E-state index contributed by atoms with van der Waals surface area (Å²) in [6, 6.07) is 11.8.